The van der Waals surface area contributed by atoms with E-state index >= 15 is 0 Å². The lowest BCUT2D eigenvalue weighted by atomic mass is 9.53. The number of ketones is 1. The van der Waals surface area contributed by atoms with Gasteiger partial charge in [-0.25, -0.2) is 0 Å². The summed E-state index contributed by atoms with van der Waals surface area (Å²) in [5, 5.41) is 0. The quantitative estimate of drug-likeness (QED) is 0.324. The predicted octanol–water partition coefficient (Wildman–Crippen LogP) is 4.33. The molecule has 124 valence electrons. The van der Waals surface area contributed by atoms with Gasteiger partial charge in [0.15, 0.2) is 0 Å². The van der Waals surface area contributed by atoms with Crippen molar-refractivity contribution < 1.29 is 14.3 Å². The molecule has 0 aromatic carbocycles. The van der Waals surface area contributed by atoms with Crippen LogP contribution in [-0.2, 0) is 14.3 Å². The second-order valence-electron chi connectivity index (χ2n) is 6.24. The zero-order chi connectivity index (χ0) is 16.5. The average Bonchev–Trinajstić information content (AvgIpc) is 2.46. The van der Waals surface area contributed by atoms with Crippen LogP contribution in [0.1, 0.15) is 52.4 Å². The second kappa shape index (κ2) is 9.60. The Bertz CT molecular complexity index is 399. The number of carbonyl (C=O) groups excluding carboxylic acids is 2. The monoisotopic (exact) mass is 306 g/mol. The van der Waals surface area contributed by atoms with Gasteiger partial charge in [0.1, 0.15) is 5.78 Å². The van der Waals surface area contributed by atoms with Gasteiger partial charge in [-0.3, -0.25) is 9.59 Å². The summed E-state index contributed by atoms with van der Waals surface area (Å²) >= 11 is 0. The Morgan fingerprint density at radius 3 is 2.05 bits per heavy atom. The highest BCUT2D eigenvalue weighted by Crippen LogP contribution is 2.51. The summed E-state index contributed by atoms with van der Waals surface area (Å²) in [5.41, 5.74) is 0. The molecule has 0 spiro atoms. The summed E-state index contributed by atoms with van der Waals surface area (Å²) < 4.78 is 5.39. The maximum Gasteiger partial charge on any atom is 0.309 e. The first-order valence-electron chi connectivity index (χ1n) is 8.47. The number of carbonyl (C=O) groups is 2. The molecule has 3 nitrogen and oxygen atoms in total. The van der Waals surface area contributed by atoms with E-state index in [-0.39, 0.29) is 35.4 Å². The third kappa shape index (κ3) is 4.56. The van der Waals surface area contributed by atoms with Gasteiger partial charge in [0.05, 0.1) is 12.5 Å². The van der Waals surface area contributed by atoms with Gasteiger partial charge >= 0.3 is 5.97 Å². The molecule has 1 rings (SSSR count). The standard InChI is InChI=1S/C19H30O3/c1-5-8-11-15-16(12-9-6-2)18(17(15)14(4)20)19(21)22-13-10-7-3/h5-6,15-18H,1-2,7-13H2,3-4H3/t15-,16-,17-,18+/m0/s1. The van der Waals surface area contributed by atoms with Crippen molar-refractivity contribution in [3.63, 3.8) is 0 Å². The van der Waals surface area contributed by atoms with Crippen molar-refractivity contribution in [1.29, 1.82) is 0 Å². The summed E-state index contributed by atoms with van der Waals surface area (Å²) in [7, 11) is 0. The van der Waals surface area contributed by atoms with Crippen LogP contribution in [0.15, 0.2) is 25.3 Å². The van der Waals surface area contributed by atoms with Gasteiger partial charge in [-0.15, -0.1) is 13.2 Å². The van der Waals surface area contributed by atoms with Crippen molar-refractivity contribution in [2.45, 2.75) is 52.4 Å². The van der Waals surface area contributed by atoms with Crippen molar-refractivity contribution in [3.8, 4) is 0 Å². The Balaban J connectivity index is 2.78. The zero-order valence-corrected chi connectivity index (χ0v) is 14.1. The van der Waals surface area contributed by atoms with Crippen LogP contribution in [-0.4, -0.2) is 18.4 Å². The van der Waals surface area contributed by atoms with Crippen molar-refractivity contribution in [3.05, 3.63) is 25.3 Å². The third-order valence-corrected chi connectivity index (χ3v) is 4.75. The number of allylic oxidation sites excluding steroid dienone is 2. The third-order valence-electron chi connectivity index (χ3n) is 4.75. The van der Waals surface area contributed by atoms with Crippen LogP contribution in [0, 0.1) is 23.7 Å². The van der Waals surface area contributed by atoms with Crippen LogP contribution < -0.4 is 0 Å². The second-order valence-corrected chi connectivity index (χ2v) is 6.24. The Kier molecular flexibility index (Phi) is 8.15. The first-order valence-corrected chi connectivity index (χ1v) is 8.47. The Morgan fingerprint density at radius 2 is 1.59 bits per heavy atom. The average molecular weight is 306 g/mol. The summed E-state index contributed by atoms with van der Waals surface area (Å²) in [4.78, 5) is 24.4. The van der Waals surface area contributed by atoms with E-state index in [0.717, 1.165) is 38.5 Å². The van der Waals surface area contributed by atoms with Crippen molar-refractivity contribution in [2.24, 2.45) is 23.7 Å². The Hall–Kier alpha value is -1.38. The summed E-state index contributed by atoms with van der Waals surface area (Å²) in [6, 6.07) is 0. The van der Waals surface area contributed by atoms with Gasteiger partial charge in [-0.2, -0.15) is 0 Å². The van der Waals surface area contributed by atoms with Gasteiger partial charge in [0, 0.05) is 5.92 Å². The lowest BCUT2D eigenvalue weighted by Gasteiger charge is -2.50. The molecule has 0 bridgehead atoms. The van der Waals surface area contributed by atoms with Gasteiger partial charge in [-0.1, -0.05) is 25.5 Å². The normalized spacial score (nSPS) is 26.8. The number of rotatable bonds is 11. The number of esters is 1. The molecule has 0 amide bonds. The lowest BCUT2D eigenvalue weighted by Crippen LogP contribution is -2.54. The van der Waals surface area contributed by atoms with Crippen LogP contribution in [0.25, 0.3) is 0 Å². The summed E-state index contributed by atoms with van der Waals surface area (Å²) in [6.07, 6.45) is 9.22. The minimum absolute atomic E-state index is 0.112. The lowest BCUT2D eigenvalue weighted by molar-refractivity contribution is -0.171. The summed E-state index contributed by atoms with van der Waals surface area (Å²) in [6.45, 7) is 11.6. The fourth-order valence-electron chi connectivity index (χ4n) is 3.62. The smallest absolute Gasteiger partial charge is 0.309 e. The van der Waals surface area contributed by atoms with E-state index in [0.29, 0.717) is 6.61 Å². The van der Waals surface area contributed by atoms with Crippen LogP contribution in [0.3, 0.4) is 0 Å². The molecule has 4 atom stereocenters. The maximum atomic E-state index is 12.4. The van der Waals surface area contributed by atoms with E-state index in [2.05, 4.69) is 20.1 Å². The van der Waals surface area contributed by atoms with Crippen molar-refractivity contribution >= 4 is 11.8 Å². The Morgan fingerprint density at radius 1 is 1.05 bits per heavy atom. The van der Waals surface area contributed by atoms with Gasteiger partial charge in [-0.05, 0) is 50.9 Å². The van der Waals surface area contributed by atoms with E-state index < -0.39 is 0 Å². The highest BCUT2D eigenvalue weighted by atomic mass is 16.5. The predicted molar refractivity (Wildman–Crippen MR) is 89.4 cm³/mol. The number of ether oxygens (including phenoxy) is 1. The molecule has 0 saturated heterocycles. The maximum absolute atomic E-state index is 12.4. The molecular weight excluding hydrogens is 276 g/mol. The minimum Gasteiger partial charge on any atom is -0.465 e. The highest BCUT2D eigenvalue weighted by molar-refractivity contribution is 5.87. The molecule has 0 aliphatic heterocycles. The van der Waals surface area contributed by atoms with Crippen LogP contribution >= 0.6 is 0 Å². The van der Waals surface area contributed by atoms with Crippen molar-refractivity contribution in [2.75, 3.05) is 6.61 Å². The van der Waals surface area contributed by atoms with Crippen LogP contribution in [0.5, 0.6) is 0 Å². The molecule has 0 heterocycles. The molecule has 1 saturated carbocycles. The fourth-order valence-corrected chi connectivity index (χ4v) is 3.62. The zero-order valence-electron chi connectivity index (χ0n) is 14.1. The van der Waals surface area contributed by atoms with E-state index in [1.165, 1.54) is 0 Å². The van der Waals surface area contributed by atoms with Gasteiger partial charge in [0.25, 0.3) is 0 Å². The van der Waals surface area contributed by atoms with E-state index in [1.54, 1.807) is 6.92 Å². The number of unbranched alkanes of at least 4 members (excludes halogenated alkanes) is 1. The minimum atomic E-state index is -0.260. The molecule has 0 aromatic rings. The van der Waals surface area contributed by atoms with Crippen LogP contribution in [0.2, 0.25) is 0 Å². The molecular formula is C19H30O3. The SMILES string of the molecule is C=CCC[C@H]1[C@H](CCC=C)[C@H](C(C)=O)[C@@H]1C(=O)OCCCC. The topological polar surface area (TPSA) is 43.4 Å². The fraction of sp³-hybridized carbons (Fsp3) is 0.684. The molecule has 0 aromatic heterocycles. The van der Waals surface area contributed by atoms with Crippen molar-refractivity contribution in [1.82, 2.24) is 0 Å². The molecule has 1 aliphatic rings. The molecule has 3 heteroatoms. The van der Waals surface area contributed by atoms with Crippen LogP contribution in [0.4, 0.5) is 0 Å². The molecule has 0 radical (unpaired) electrons. The first-order chi connectivity index (χ1) is 10.6. The molecule has 22 heavy (non-hydrogen) atoms. The molecule has 0 unspecified atom stereocenters. The number of Topliss-reactive ketones (excluding diaryl/α,β-unsaturated/α-hetero) is 1. The van der Waals surface area contributed by atoms with Gasteiger partial charge < -0.3 is 4.74 Å². The first kappa shape index (κ1) is 18.7. The number of hydrogen-bond acceptors (Lipinski definition) is 3. The molecule has 1 fully saturated rings. The van der Waals surface area contributed by atoms with E-state index in [1.807, 2.05) is 12.2 Å². The number of hydrogen-bond donors (Lipinski definition) is 0. The highest BCUT2D eigenvalue weighted by Gasteiger charge is 2.55. The van der Waals surface area contributed by atoms with Gasteiger partial charge in [0.2, 0.25) is 0 Å². The molecule has 1 aliphatic carbocycles. The summed E-state index contributed by atoms with van der Waals surface area (Å²) in [5.74, 6) is 0.00656. The van der Waals surface area contributed by atoms with E-state index in [9.17, 15) is 9.59 Å². The Labute approximate surface area is 134 Å². The molecule has 0 N–H and O–H groups in total. The van der Waals surface area contributed by atoms with E-state index in [4.69, 9.17) is 4.74 Å². The largest absolute Gasteiger partial charge is 0.465 e.